The van der Waals surface area contributed by atoms with Crippen molar-refractivity contribution in [3.05, 3.63) is 71.0 Å². The molecule has 2 aromatic rings. The average molecular weight is 399 g/mol. The van der Waals surface area contributed by atoms with Gasteiger partial charge in [0.25, 0.3) is 0 Å². The van der Waals surface area contributed by atoms with Gasteiger partial charge in [0.15, 0.2) is 0 Å². The summed E-state index contributed by atoms with van der Waals surface area (Å²) in [5.41, 5.74) is 2.40. The van der Waals surface area contributed by atoms with Crippen molar-refractivity contribution < 1.29 is 14.0 Å². The Labute approximate surface area is 173 Å². The van der Waals surface area contributed by atoms with Gasteiger partial charge in [-0.3, -0.25) is 9.59 Å². The zero-order valence-electron chi connectivity index (χ0n) is 18.0. The van der Waals surface area contributed by atoms with Crippen LogP contribution in [-0.4, -0.2) is 28.3 Å². The van der Waals surface area contributed by atoms with Crippen LogP contribution in [0.3, 0.4) is 0 Å². The molecule has 0 saturated heterocycles. The van der Waals surface area contributed by atoms with Gasteiger partial charge in [0.2, 0.25) is 11.8 Å². The second-order valence-electron chi connectivity index (χ2n) is 8.41. The molecule has 29 heavy (non-hydrogen) atoms. The molecular weight excluding hydrogens is 367 g/mol. The van der Waals surface area contributed by atoms with Crippen molar-refractivity contribution >= 4 is 11.8 Å². The zero-order valence-corrected chi connectivity index (χ0v) is 18.0. The maximum absolute atomic E-state index is 13.2. The Kier molecular flexibility index (Phi) is 7.54. The second kappa shape index (κ2) is 9.68. The Morgan fingerprint density at radius 3 is 2.24 bits per heavy atom. The number of carbonyl (C=O) groups is 2. The molecule has 0 bridgehead atoms. The predicted molar refractivity (Wildman–Crippen MR) is 114 cm³/mol. The molecule has 2 aromatic carbocycles. The summed E-state index contributed by atoms with van der Waals surface area (Å²) in [5.74, 6) is -0.661. The zero-order chi connectivity index (χ0) is 21.6. The summed E-state index contributed by atoms with van der Waals surface area (Å²) < 4.78 is 13.2. The fraction of sp³-hybridized carbons (Fsp3) is 0.417. The first kappa shape index (κ1) is 22.6. The first-order chi connectivity index (χ1) is 13.6. The third-order valence-corrected chi connectivity index (χ3v) is 4.75. The maximum Gasteiger partial charge on any atom is 0.243 e. The number of hydrogen-bond donors (Lipinski definition) is 1. The van der Waals surface area contributed by atoms with Crippen molar-refractivity contribution in [1.82, 2.24) is 10.2 Å². The van der Waals surface area contributed by atoms with Crippen LogP contribution in [0.1, 0.15) is 50.8 Å². The minimum atomic E-state index is -0.582. The highest BCUT2D eigenvalue weighted by Gasteiger charge is 2.30. The first-order valence-corrected chi connectivity index (χ1v) is 10.0. The fourth-order valence-electron chi connectivity index (χ4n) is 3.22. The van der Waals surface area contributed by atoms with Crippen LogP contribution in [0, 0.1) is 12.7 Å². The van der Waals surface area contributed by atoms with E-state index in [4.69, 9.17) is 0 Å². The summed E-state index contributed by atoms with van der Waals surface area (Å²) in [6.45, 7) is 10.0. The van der Waals surface area contributed by atoms with Crippen LogP contribution in [0.15, 0.2) is 48.5 Å². The molecule has 0 aliphatic carbocycles. The highest BCUT2D eigenvalue weighted by molar-refractivity contribution is 5.88. The fourth-order valence-corrected chi connectivity index (χ4v) is 3.22. The Hall–Kier alpha value is -2.69. The van der Waals surface area contributed by atoms with Gasteiger partial charge >= 0.3 is 0 Å². The van der Waals surface area contributed by atoms with E-state index in [0.717, 1.165) is 16.7 Å². The Morgan fingerprint density at radius 2 is 1.69 bits per heavy atom. The summed E-state index contributed by atoms with van der Waals surface area (Å²) in [7, 11) is 0. The minimum absolute atomic E-state index is 0.117. The number of nitrogens with zero attached hydrogens (tertiary/aromatic N) is 1. The van der Waals surface area contributed by atoms with Gasteiger partial charge in [0.05, 0.1) is 6.42 Å². The van der Waals surface area contributed by atoms with E-state index in [1.54, 1.807) is 17.0 Å². The molecule has 0 aliphatic heterocycles. The van der Waals surface area contributed by atoms with E-state index in [9.17, 15) is 14.0 Å². The Bertz CT molecular complexity index is 841. The maximum atomic E-state index is 13.2. The molecule has 0 heterocycles. The largest absolute Gasteiger partial charge is 0.350 e. The smallest absolute Gasteiger partial charge is 0.243 e. The van der Waals surface area contributed by atoms with Gasteiger partial charge in [0.1, 0.15) is 11.9 Å². The van der Waals surface area contributed by atoms with Gasteiger partial charge in [-0.05, 0) is 62.9 Å². The number of amides is 2. The molecule has 156 valence electrons. The van der Waals surface area contributed by atoms with E-state index < -0.39 is 11.6 Å². The Morgan fingerprint density at radius 1 is 1.07 bits per heavy atom. The minimum Gasteiger partial charge on any atom is -0.350 e. The SMILES string of the molecule is CCC(C(=O)NC(C)(C)C)N(Cc1ccccc1C)C(=O)Cc1ccc(F)cc1. The molecule has 0 fully saturated rings. The van der Waals surface area contributed by atoms with Crippen LogP contribution in [-0.2, 0) is 22.6 Å². The quantitative estimate of drug-likeness (QED) is 0.752. The third-order valence-electron chi connectivity index (χ3n) is 4.75. The van der Waals surface area contributed by atoms with Crippen molar-refractivity contribution in [1.29, 1.82) is 0 Å². The van der Waals surface area contributed by atoms with Gasteiger partial charge < -0.3 is 10.2 Å². The topological polar surface area (TPSA) is 49.4 Å². The van der Waals surface area contributed by atoms with Crippen LogP contribution in [0.4, 0.5) is 4.39 Å². The second-order valence-corrected chi connectivity index (χ2v) is 8.41. The molecule has 2 rings (SSSR count). The molecule has 1 atom stereocenters. The number of halogens is 1. The molecule has 2 amide bonds. The van der Waals surface area contributed by atoms with Crippen molar-refractivity contribution in [2.75, 3.05) is 0 Å². The van der Waals surface area contributed by atoms with E-state index >= 15 is 0 Å². The normalized spacial score (nSPS) is 12.3. The van der Waals surface area contributed by atoms with Crippen molar-refractivity contribution in [3.8, 4) is 0 Å². The number of hydrogen-bond acceptors (Lipinski definition) is 2. The summed E-state index contributed by atoms with van der Waals surface area (Å²) >= 11 is 0. The van der Waals surface area contributed by atoms with E-state index in [2.05, 4.69) is 5.32 Å². The summed E-state index contributed by atoms with van der Waals surface area (Å²) in [5, 5.41) is 2.99. The van der Waals surface area contributed by atoms with Gasteiger partial charge in [-0.15, -0.1) is 0 Å². The number of carbonyl (C=O) groups excluding carboxylic acids is 2. The number of rotatable bonds is 7. The number of aryl methyl sites for hydroxylation is 1. The van der Waals surface area contributed by atoms with Crippen LogP contribution < -0.4 is 5.32 Å². The standard InChI is InChI=1S/C24H31FN2O2/c1-6-21(23(29)26-24(3,4)5)27(16-19-10-8-7-9-17(19)2)22(28)15-18-11-13-20(25)14-12-18/h7-14,21H,6,15-16H2,1-5H3,(H,26,29). The predicted octanol–water partition coefficient (Wildman–Crippen LogP) is 4.40. The van der Waals surface area contributed by atoms with E-state index in [0.29, 0.717) is 13.0 Å². The highest BCUT2D eigenvalue weighted by Crippen LogP contribution is 2.18. The molecule has 5 heteroatoms. The molecular formula is C24H31FN2O2. The van der Waals surface area contributed by atoms with Crippen LogP contribution in [0.5, 0.6) is 0 Å². The lowest BCUT2D eigenvalue weighted by Crippen LogP contribution is -2.53. The van der Waals surface area contributed by atoms with Crippen molar-refractivity contribution in [3.63, 3.8) is 0 Å². The van der Waals surface area contributed by atoms with E-state index in [1.807, 2.05) is 58.9 Å². The molecule has 4 nitrogen and oxygen atoms in total. The summed E-state index contributed by atoms with van der Waals surface area (Å²) in [4.78, 5) is 27.8. The number of nitrogens with one attached hydrogen (secondary N) is 1. The molecule has 0 aromatic heterocycles. The van der Waals surface area contributed by atoms with E-state index in [-0.39, 0.29) is 24.1 Å². The lowest BCUT2D eigenvalue weighted by molar-refractivity contribution is -0.141. The Balaban J connectivity index is 2.32. The van der Waals surface area contributed by atoms with Crippen molar-refractivity contribution in [2.45, 2.75) is 65.6 Å². The molecule has 0 saturated carbocycles. The lowest BCUT2D eigenvalue weighted by Gasteiger charge is -2.33. The molecule has 0 aliphatic rings. The highest BCUT2D eigenvalue weighted by atomic mass is 19.1. The number of benzene rings is 2. The van der Waals surface area contributed by atoms with Gasteiger partial charge in [0, 0.05) is 12.1 Å². The van der Waals surface area contributed by atoms with Gasteiger partial charge in [-0.1, -0.05) is 43.3 Å². The third kappa shape index (κ3) is 6.70. The van der Waals surface area contributed by atoms with Gasteiger partial charge in [-0.2, -0.15) is 0 Å². The molecule has 1 unspecified atom stereocenters. The lowest BCUT2D eigenvalue weighted by atomic mass is 10.0. The summed E-state index contributed by atoms with van der Waals surface area (Å²) in [6.07, 6.45) is 0.619. The van der Waals surface area contributed by atoms with E-state index in [1.165, 1.54) is 12.1 Å². The molecule has 0 radical (unpaired) electrons. The van der Waals surface area contributed by atoms with Crippen molar-refractivity contribution in [2.24, 2.45) is 0 Å². The molecule has 1 N–H and O–H groups in total. The van der Waals surface area contributed by atoms with Crippen LogP contribution >= 0.6 is 0 Å². The average Bonchev–Trinajstić information content (AvgIpc) is 2.63. The summed E-state index contributed by atoms with van der Waals surface area (Å²) in [6, 6.07) is 13.2. The van der Waals surface area contributed by atoms with Crippen LogP contribution in [0.25, 0.3) is 0 Å². The monoisotopic (exact) mass is 398 g/mol. The van der Waals surface area contributed by atoms with Crippen LogP contribution in [0.2, 0.25) is 0 Å². The molecule has 0 spiro atoms. The van der Waals surface area contributed by atoms with Gasteiger partial charge in [-0.25, -0.2) is 4.39 Å². The first-order valence-electron chi connectivity index (χ1n) is 10.0.